The van der Waals surface area contributed by atoms with E-state index in [2.05, 4.69) is 71.3 Å². The van der Waals surface area contributed by atoms with Gasteiger partial charge in [0.2, 0.25) is 0 Å². The van der Waals surface area contributed by atoms with E-state index in [4.69, 9.17) is 0 Å². The second-order valence-corrected chi connectivity index (χ2v) is 6.17. The van der Waals surface area contributed by atoms with Gasteiger partial charge in [0.1, 0.15) is 0 Å². The minimum Gasteiger partial charge on any atom is -0.381 e. The third-order valence-electron chi connectivity index (χ3n) is 3.23. The van der Waals surface area contributed by atoms with Crippen molar-refractivity contribution in [1.29, 1.82) is 0 Å². The molecule has 0 aromatic carbocycles. The van der Waals surface area contributed by atoms with Crippen molar-refractivity contribution >= 4 is 0 Å². The van der Waals surface area contributed by atoms with Crippen LogP contribution in [0.15, 0.2) is 24.4 Å². The molecule has 0 atom stereocenters. The molecule has 1 nitrogen and oxygen atoms in total. The molecule has 1 aliphatic heterocycles. The standard InChI is InChI=1S/C13H23N/c1-11(2,3)13(12(4,5)6)9-7-8-10-14-13/h7-10,14H,1-6H3. The number of nitrogens with one attached hydrogen (secondary N) is 1. The summed E-state index contributed by atoms with van der Waals surface area (Å²) in [6.45, 7) is 13.7. The quantitative estimate of drug-likeness (QED) is 0.621. The summed E-state index contributed by atoms with van der Waals surface area (Å²) >= 11 is 0. The maximum atomic E-state index is 3.55. The Bertz CT molecular complexity index is 244. The lowest BCUT2D eigenvalue weighted by Gasteiger charge is -2.53. The van der Waals surface area contributed by atoms with Crippen LogP contribution in [0.2, 0.25) is 0 Å². The molecular weight excluding hydrogens is 170 g/mol. The van der Waals surface area contributed by atoms with Crippen molar-refractivity contribution in [3.8, 4) is 0 Å². The highest BCUT2D eigenvalue weighted by atomic mass is 15.0. The second-order valence-electron chi connectivity index (χ2n) is 6.17. The van der Waals surface area contributed by atoms with Gasteiger partial charge in [-0.15, -0.1) is 0 Å². The van der Waals surface area contributed by atoms with Crippen LogP contribution in [-0.2, 0) is 0 Å². The minimum absolute atomic E-state index is 0.0365. The molecule has 0 aromatic heterocycles. The van der Waals surface area contributed by atoms with Crippen molar-refractivity contribution in [1.82, 2.24) is 5.32 Å². The Hall–Kier alpha value is -0.720. The Labute approximate surface area is 88.3 Å². The lowest BCUT2D eigenvalue weighted by Crippen LogP contribution is -2.60. The molecular formula is C13H23N. The van der Waals surface area contributed by atoms with Gasteiger partial charge in [-0.25, -0.2) is 0 Å². The van der Waals surface area contributed by atoms with E-state index in [1.165, 1.54) is 0 Å². The molecule has 80 valence electrons. The Morgan fingerprint density at radius 1 is 0.857 bits per heavy atom. The Kier molecular flexibility index (Phi) is 2.55. The maximum Gasteiger partial charge on any atom is 0.0650 e. The molecule has 1 N–H and O–H groups in total. The molecule has 0 fully saturated rings. The SMILES string of the molecule is CC(C)(C)C1(C(C)(C)C)C=CC=CN1. The second kappa shape index (κ2) is 3.15. The van der Waals surface area contributed by atoms with Crippen LogP contribution < -0.4 is 5.32 Å². The highest BCUT2D eigenvalue weighted by molar-refractivity contribution is 5.26. The van der Waals surface area contributed by atoms with Crippen molar-refractivity contribution < 1.29 is 0 Å². The van der Waals surface area contributed by atoms with Gasteiger partial charge in [-0.2, -0.15) is 0 Å². The molecule has 14 heavy (non-hydrogen) atoms. The van der Waals surface area contributed by atoms with Crippen LogP contribution in [0.5, 0.6) is 0 Å². The Morgan fingerprint density at radius 3 is 1.57 bits per heavy atom. The van der Waals surface area contributed by atoms with Gasteiger partial charge in [0, 0.05) is 0 Å². The Balaban J connectivity index is 3.18. The highest BCUT2D eigenvalue weighted by Crippen LogP contribution is 2.45. The highest BCUT2D eigenvalue weighted by Gasteiger charge is 2.48. The van der Waals surface area contributed by atoms with Gasteiger partial charge in [-0.3, -0.25) is 0 Å². The first kappa shape index (κ1) is 11.4. The summed E-state index contributed by atoms with van der Waals surface area (Å²) in [6, 6.07) is 0. The molecule has 0 saturated carbocycles. The topological polar surface area (TPSA) is 12.0 Å². The first-order valence-corrected chi connectivity index (χ1v) is 5.33. The summed E-state index contributed by atoms with van der Waals surface area (Å²) in [5.41, 5.74) is 0.438. The summed E-state index contributed by atoms with van der Waals surface area (Å²) in [7, 11) is 0. The molecule has 0 saturated heterocycles. The van der Waals surface area contributed by atoms with Gasteiger partial charge in [-0.05, 0) is 23.1 Å². The zero-order valence-electron chi connectivity index (χ0n) is 10.3. The summed E-state index contributed by atoms with van der Waals surface area (Å²) in [6.07, 6.45) is 8.55. The van der Waals surface area contributed by atoms with Crippen molar-refractivity contribution in [3.63, 3.8) is 0 Å². The van der Waals surface area contributed by atoms with Gasteiger partial charge in [0.15, 0.2) is 0 Å². The lowest BCUT2D eigenvalue weighted by molar-refractivity contribution is 0.0783. The predicted molar refractivity (Wildman–Crippen MR) is 63.1 cm³/mol. The van der Waals surface area contributed by atoms with Gasteiger partial charge in [0.05, 0.1) is 5.54 Å². The molecule has 0 aliphatic carbocycles. The van der Waals surface area contributed by atoms with Crippen LogP contribution in [0.3, 0.4) is 0 Å². The fraction of sp³-hybridized carbons (Fsp3) is 0.692. The number of hydrogen-bond acceptors (Lipinski definition) is 1. The molecule has 0 aromatic rings. The Morgan fingerprint density at radius 2 is 1.36 bits per heavy atom. The molecule has 0 bridgehead atoms. The molecule has 0 amide bonds. The third kappa shape index (κ3) is 1.60. The van der Waals surface area contributed by atoms with Crippen LogP contribution in [0.4, 0.5) is 0 Å². The zero-order valence-corrected chi connectivity index (χ0v) is 10.3. The summed E-state index contributed by atoms with van der Waals surface area (Å²) in [4.78, 5) is 0. The monoisotopic (exact) mass is 193 g/mol. The zero-order chi connectivity index (χ0) is 11.0. The van der Waals surface area contributed by atoms with Crippen molar-refractivity contribution in [2.24, 2.45) is 10.8 Å². The van der Waals surface area contributed by atoms with E-state index in [-0.39, 0.29) is 16.4 Å². The fourth-order valence-corrected chi connectivity index (χ4v) is 2.54. The fourth-order valence-electron chi connectivity index (χ4n) is 2.54. The van der Waals surface area contributed by atoms with Crippen molar-refractivity contribution in [2.75, 3.05) is 0 Å². The third-order valence-corrected chi connectivity index (χ3v) is 3.23. The number of hydrogen-bond donors (Lipinski definition) is 1. The predicted octanol–water partition coefficient (Wildman–Crippen LogP) is 3.49. The molecule has 1 rings (SSSR count). The van der Waals surface area contributed by atoms with E-state index in [1.54, 1.807) is 0 Å². The van der Waals surface area contributed by atoms with Crippen LogP contribution in [0.25, 0.3) is 0 Å². The smallest absolute Gasteiger partial charge is 0.0650 e. The average molecular weight is 193 g/mol. The van der Waals surface area contributed by atoms with E-state index < -0.39 is 0 Å². The lowest BCUT2D eigenvalue weighted by atomic mass is 9.59. The van der Waals surface area contributed by atoms with Crippen LogP contribution in [-0.4, -0.2) is 5.54 Å². The largest absolute Gasteiger partial charge is 0.381 e. The summed E-state index contributed by atoms with van der Waals surface area (Å²) < 4.78 is 0. The van der Waals surface area contributed by atoms with Crippen LogP contribution in [0, 0.1) is 10.8 Å². The van der Waals surface area contributed by atoms with Gasteiger partial charge in [-0.1, -0.05) is 53.7 Å². The van der Waals surface area contributed by atoms with Gasteiger partial charge in [0.25, 0.3) is 0 Å². The number of allylic oxidation sites excluding steroid dienone is 2. The van der Waals surface area contributed by atoms with Crippen molar-refractivity contribution in [2.45, 2.75) is 47.1 Å². The molecule has 0 spiro atoms. The van der Waals surface area contributed by atoms with E-state index in [0.29, 0.717) is 0 Å². The molecule has 0 radical (unpaired) electrons. The van der Waals surface area contributed by atoms with E-state index in [1.807, 2.05) is 0 Å². The molecule has 1 heterocycles. The first-order chi connectivity index (χ1) is 6.21. The minimum atomic E-state index is 0.0365. The summed E-state index contributed by atoms with van der Waals surface area (Å²) in [5, 5.41) is 3.55. The van der Waals surface area contributed by atoms with Crippen molar-refractivity contribution in [3.05, 3.63) is 24.4 Å². The average Bonchev–Trinajstić information content (AvgIpc) is 2.02. The number of rotatable bonds is 0. The molecule has 1 heteroatoms. The maximum absolute atomic E-state index is 3.55. The van der Waals surface area contributed by atoms with E-state index in [9.17, 15) is 0 Å². The van der Waals surface area contributed by atoms with E-state index in [0.717, 1.165) is 0 Å². The first-order valence-electron chi connectivity index (χ1n) is 5.33. The van der Waals surface area contributed by atoms with Gasteiger partial charge >= 0.3 is 0 Å². The van der Waals surface area contributed by atoms with E-state index >= 15 is 0 Å². The number of dihydropyridines is 1. The van der Waals surface area contributed by atoms with Crippen LogP contribution in [0.1, 0.15) is 41.5 Å². The molecule has 1 aliphatic rings. The normalized spacial score (nSPS) is 20.7. The van der Waals surface area contributed by atoms with Crippen LogP contribution >= 0.6 is 0 Å². The molecule has 0 unspecified atom stereocenters. The summed E-state index contributed by atoms with van der Waals surface area (Å²) in [5.74, 6) is 0. The van der Waals surface area contributed by atoms with Gasteiger partial charge < -0.3 is 5.32 Å².